The van der Waals surface area contributed by atoms with Crippen molar-refractivity contribution < 1.29 is 0 Å². The van der Waals surface area contributed by atoms with E-state index in [4.69, 9.17) is 0 Å². The molecule has 2 N–H and O–H groups in total. The summed E-state index contributed by atoms with van der Waals surface area (Å²) in [5, 5.41) is 4.54. The number of rotatable bonds is 4. The Labute approximate surface area is 125 Å². The number of aromatic nitrogens is 1. The van der Waals surface area contributed by atoms with Gasteiger partial charge in [-0.2, -0.15) is 0 Å². The van der Waals surface area contributed by atoms with Crippen LogP contribution in [0, 0.1) is 6.92 Å². The van der Waals surface area contributed by atoms with Crippen molar-refractivity contribution in [1.82, 2.24) is 4.98 Å². The molecule has 2 aromatic carbocycles. The zero-order chi connectivity index (χ0) is 14.8. The average Bonchev–Trinajstić information content (AvgIpc) is 2.98. The Morgan fingerprint density at radius 2 is 2.00 bits per heavy atom. The standard InChI is InChI=1S/C19H20N2/c1-4-14-9-10-16(13(3)18(14)20-5-2)17-8-6-7-15-11-12-21-19(15)17/h5-12,20-21H,2,4H2,1,3H3. The first-order chi connectivity index (χ1) is 10.3. The summed E-state index contributed by atoms with van der Waals surface area (Å²) in [5.74, 6) is 0. The van der Waals surface area contributed by atoms with Crippen LogP contribution in [0.1, 0.15) is 18.1 Å². The van der Waals surface area contributed by atoms with Gasteiger partial charge in [0.15, 0.2) is 0 Å². The quantitative estimate of drug-likeness (QED) is 0.668. The third-order valence-corrected chi connectivity index (χ3v) is 4.06. The molecule has 0 fully saturated rings. The van der Waals surface area contributed by atoms with E-state index in [1.54, 1.807) is 6.20 Å². The van der Waals surface area contributed by atoms with Gasteiger partial charge in [0.1, 0.15) is 0 Å². The van der Waals surface area contributed by atoms with Crippen molar-refractivity contribution >= 4 is 16.6 Å². The second-order valence-corrected chi connectivity index (χ2v) is 5.22. The van der Waals surface area contributed by atoms with Crippen molar-refractivity contribution in [3.05, 3.63) is 66.5 Å². The third kappa shape index (κ3) is 2.23. The largest absolute Gasteiger partial charge is 0.362 e. The molecule has 0 atom stereocenters. The Hall–Kier alpha value is -2.48. The van der Waals surface area contributed by atoms with Gasteiger partial charge in [-0.25, -0.2) is 0 Å². The van der Waals surface area contributed by atoms with Gasteiger partial charge >= 0.3 is 0 Å². The number of fused-ring (bicyclic) bond motifs is 1. The van der Waals surface area contributed by atoms with E-state index >= 15 is 0 Å². The lowest BCUT2D eigenvalue weighted by molar-refractivity contribution is 1.13. The van der Waals surface area contributed by atoms with E-state index in [0.717, 1.165) is 6.42 Å². The molecule has 0 amide bonds. The Morgan fingerprint density at radius 3 is 2.76 bits per heavy atom. The van der Waals surface area contributed by atoms with Gasteiger partial charge in [0.05, 0.1) is 5.52 Å². The Balaban J connectivity index is 2.25. The van der Waals surface area contributed by atoms with Crippen LogP contribution in [0.4, 0.5) is 5.69 Å². The van der Waals surface area contributed by atoms with Crippen LogP contribution in [0.2, 0.25) is 0 Å². The van der Waals surface area contributed by atoms with Gasteiger partial charge in [0, 0.05) is 17.4 Å². The first-order valence-electron chi connectivity index (χ1n) is 7.32. The number of hydrogen-bond acceptors (Lipinski definition) is 1. The van der Waals surface area contributed by atoms with E-state index in [-0.39, 0.29) is 0 Å². The molecule has 3 rings (SSSR count). The third-order valence-electron chi connectivity index (χ3n) is 4.06. The highest BCUT2D eigenvalue weighted by Gasteiger charge is 2.12. The molecule has 1 heterocycles. The molecule has 106 valence electrons. The van der Waals surface area contributed by atoms with E-state index in [0.29, 0.717) is 0 Å². The van der Waals surface area contributed by atoms with Gasteiger partial charge in [-0.1, -0.05) is 43.8 Å². The lowest BCUT2D eigenvalue weighted by atomic mass is 9.94. The first-order valence-corrected chi connectivity index (χ1v) is 7.32. The van der Waals surface area contributed by atoms with Gasteiger partial charge < -0.3 is 10.3 Å². The number of nitrogens with one attached hydrogen (secondary N) is 2. The predicted octanol–water partition coefficient (Wildman–Crippen LogP) is 5.26. The monoisotopic (exact) mass is 276 g/mol. The molecule has 0 saturated carbocycles. The number of aromatic amines is 1. The van der Waals surface area contributed by atoms with Crippen molar-refractivity contribution in [3.63, 3.8) is 0 Å². The molecule has 0 spiro atoms. The molecular weight excluding hydrogens is 256 g/mol. The molecule has 0 aliphatic rings. The van der Waals surface area contributed by atoms with Crippen molar-refractivity contribution in [1.29, 1.82) is 0 Å². The summed E-state index contributed by atoms with van der Waals surface area (Å²) in [6.45, 7) is 8.14. The summed E-state index contributed by atoms with van der Waals surface area (Å²) < 4.78 is 0. The fourth-order valence-electron chi connectivity index (χ4n) is 2.97. The van der Waals surface area contributed by atoms with Gasteiger partial charge in [-0.3, -0.25) is 0 Å². The molecule has 0 saturated heterocycles. The van der Waals surface area contributed by atoms with E-state index < -0.39 is 0 Å². The summed E-state index contributed by atoms with van der Waals surface area (Å²) in [5.41, 5.74) is 7.43. The number of para-hydroxylation sites is 1. The average molecular weight is 276 g/mol. The van der Waals surface area contributed by atoms with Crippen LogP contribution in [0.5, 0.6) is 0 Å². The normalized spacial score (nSPS) is 10.8. The van der Waals surface area contributed by atoms with E-state index in [2.05, 4.69) is 67.1 Å². The summed E-state index contributed by atoms with van der Waals surface area (Å²) >= 11 is 0. The molecule has 2 heteroatoms. The minimum atomic E-state index is 1.00. The minimum Gasteiger partial charge on any atom is -0.362 e. The molecule has 21 heavy (non-hydrogen) atoms. The van der Waals surface area contributed by atoms with Crippen molar-refractivity contribution in [2.75, 3.05) is 5.32 Å². The maximum absolute atomic E-state index is 3.80. The van der Waals surface area contributed by atoms with Gasteiger partial charge in [0.2, 0.25) is 0 Å². The molecule has 0 aliphatic heterocycles. The van der Waals surface area contributed by atoms with Crippen LogP contribution in [0.15, 0.2) is 55.4 Å². The summed E-state index contributed by atoms with van der Waals surface area (Å²) in [6.07, 6.45) is 4.75. The molecule has 1 aromatic heterocycles. The molecule has 0 aliphatic carbocycles. The molecule has 0 bridgehead atoms. The topological polar surface area (TPSA) is 27.8 Å². The summed E-state index contributed by atoms with van der Waals surface area (Å²) in [4.78, 5) is 3.35. The summed E-state index contributed by atoms with van der Waals surface area (Å²) in [7, 11) is 0. The highest BCUT2D eigenvalue weighted by atomic mass is 14.8. The van der Waals surface area contributed by atoms with Gasteiger partial charge in [-0.05, 0) is 47.7 Å². The number of anilines is 1. The van der Waals surface area contributed by atoms with E-state index in [9.17, 15) is 0 Å². The van der Waals surface area contributed by atoms with Crippen molar-refractivity contribution in [3.8, 4) is 11.1 Å². The first kappa shape index (κ1) is 13.5. The zero-order valence-corrected chi connectivity index (χ0v) is 12.5. The molecule has 0 radical (unpaired) electrons. The Morgan fingerprint density at radius 1 is 1.14 bits per heavy atom. The molecule has 0 unspecified atom stereocenters. The predicted molar refractivity (Wildman–Crippen MR) is 91.7 cm³/mol. The van der Waals surface area contributed by atoms with E-state index in [1.807, 2.05) is 6.20 Å². The van der Waals surface area contributed by atoms with Crippen molar-refractivity contribution in [2.45, 2.75) is 20.3 Å². The van der Waals surface area contributed by atoms with Crippen LogP contribution in [-0.4, -0.2) is 4.98 Å². The number of aryl methyl sites for hydroxylation is 1. The summed E-state index contributed by atoms with van der Waals surface area (Å²) in [6, 6.07) is 12.9. The molecular formula is C19H20N2. The minimum absolute atomic E-state index is 1.00. The Bertz CT molecular complexity index is 796. The lowest BCUT2D eigenvalue weighted by Gasteiger charge is -2.16. The van der Waals surface area contributed by atoms with Gasteiger partial charge in [0.25, 0.3) is 0 Å². The number of H-pyrrole nitrogens is 1. The fourth-order valence-corrected chi connectivity index (χ4v) is 2.97. The Kier molecular flexibility index (Phi) is 3.53. The number of hydrogen-bond donors (Lipinski definition) is 2. The molecule has 2 nitrogen and oxygen atoms in total. The maximum atomic E-state index is 3.80. The van der Waals surface area contributed by atoms with Crippen LogP contribution >= 0.6 is 0 Å². The van der Waals surface area contributed by atoms with Crippen LogP contribution in [0.25, 0.3) is 22.0 Å². The van der Waals surface area contributed by atoms with Gasteiger partial charge in [-0.15, -0.1) is 0 Å². The molecule has 3 aromatic rings. The highest BCUT2D eigenvalue weighted by molar-refractivity contribution is 5.96. The van der Waals surface area contributed by atoms with E-state index in [1.165, 1.54) is 38.8 Å². The van der Waals surface area contributed by atoms with Crippen LogP contribution in [0.3, 0.4) is 0 Å². The lowest BCUT2D eigenvalue weighted by Crippen LogP contribution is -1.98. The smallest absolute Gasteiger partial charge is 0.0533 e. The van der Waals surface area contributed by atoms with Crippen LogP contribution < -0.4 is 5.32 Å². The number of benzene rings is 2. The SMILES string of the molecule is C=CNc1c(CC)ccc(-c2cccc3cc[nH]c23)c1C. The highest BCUT2D eigenvalue weighted by Crippen LogP contribution is 2.35. The van der Waals surface area contributed by atoms with Crippen molar-refractivity contribution in [2.24, 2.45) is 0 Å². The fraction of sp³-hybridized carbons (Fsp3) is 0.158. The zero-order valence-electron chi connectivity index (χ0n) is 12.5. The van der Waals surface area contributed by atoms with Crippen LogP contribution in [-0.2, 0) is 6.42 Å². The second kappa shape index (κ2) is 5.49. The second-order valence-electron chi connectivity index (χ2n) is 5.22. The maximum Gasteiger partial charge on any atom is 0.0533 e.